The van der Waals surface area contributed by atoms with Crippen LogP contribution in [0, 0.1) is 0 Å². The zero-order chi connectivity index (χ0) is 21.3. The number of carbonyl (C=O) groups excluding carboxylic acids is 1. The van der Waals surface area contributed by atoms with E-state index in [1.165, 1.54) is 0 Å². The van der Waals surface area contributed by atoms with Crippen LogP contribution in [0.5, 0.6) is 0 Å². The van der Waals surface area contributed by atoms with Gasteiger partial charge in [0.25, 0.3) is 0 Å². The average Bonchev–Trinajstić information content (AvgIpc) is 2.74. The highest BCUT2D eigenvalue weighted by Gasteiger charge is 2.33. The van der Waals surface area contributed by atoms with Crippen molar-refractivity contribution in [1.82, 2.24) is 0 Å². The number of amides is 1. The lowest BCUT2D eigenvalue weighted by molar-refractivity contribution is -0.117. The van der Waals surface area contributed by atoms with Crippen molar-refractivity contribution in [2.24, 2.45) is 0 Å². The number of benzene rings is 2. The van der Waals surface area contributed by atoms with Gasteiger partial charge in [0.1, 0.15) is 0 Å². The summed E-state index contributed by atoms with van der Waals surface area (Å²) < 4.78 is 5.45. The summed E-state index contributed by atoms with van der Waals surface area (Å²) >= 11 is 0. The minimum Gasteiger partial charge on any atom is -0.478 e. The van der Waals surface area contributed by atoms with Gasteiger partial charge in [-0.1, -0.05) is 6.07 Å². The van der Waals surface area contributed by atoms with Gasteiger partial charge in [0.15, 0.2) is 0 Å². The van der Waals surface area contributed by atoms with Crippen LogP contribution in [0.1, 0.15) is 42.2 Å². The number of carboxylic acids is 1. The predicted octanol–water partition coefficient (Wildman–Crippen LogP) is 3.52. The van der Waals surface area contributed by atoms with Gasteiger partial charge in [-0.3, -0.25) is 4.79 Å². The zero-order valence-electron chi connectivity index (χ0n) is 17.3. The Morgan fingerprint density at radius 1 is 1.13 bits per heavy atom. The summed E-state index contributed by atoms with van der Waals surface area (Å²) in [6, 6.07) is 13.2. The van der Waals surface area contributed by atoms with Crippen LogP contribution >= 0.6 is 0 Å². The lowest BCUT2D eigenvalue weighted by Crippen LogP contribution is -2.43. The van der Waals surface area contributed by atoms with Crippen LogP contribution < -0.4 is 15.1 Å². The number of morpholine rings is 1. The topological polar surface area (TPSA) is 82.1 Å². The molecule has 2 aromatic carbocycles. The molecule has 7 heteroatoms. The largest absolute Gasteiger partial charge is 0.478 e. The summed E-state index contributed by atoms with van der Waals surface area (Å²) in [6.07, 6.45) is 0.692. The number of hydrogen-bond donors (Lipinski definition) is 2. The van der Waals surface area contributed by atoms with Gasteiger partial charge in [-0.2, -0.15) is 0 Å². The molecule has 1 fully saturated rings. The van der Waals surface area contributed by atoms with Gasteiger partial charge in [-0.15, -0.1) is 0 Å². The Morgan fingerprint density at radius 3 is 2.60 bits per heavy atom. The lowest BCUT2D eigenvalue weighted by atomic mass is 9.90. The molecule has 2 aromatic rings. The zero-order valence-corrected chi connectivity index (χ0v) is 17.3. The van der Waals surface area contributed by atoms with E-state index in [1.807, 2.05) is 19.1 Å². The molecule has 1 amide bonds. The Bertz CT molecular complexity index is 955. The first-order chi connectivity index (χ1) is 14.4. The molecule has 2 heterocycles. The van der Waals surface area contributed by atoms with Gasteiger partial charge in [0.2, 0.25) is 5.91 Å². The Kier molecular flexibility index (Phi) is 5.63. The quantitative estimate of drug-likeness (QED) is 0.804. The molecule has 1 saturated heterocycles. The number of fused-ring (bicyclic) bond motifs is 1. The minimum atomic E-state index is -0.973. The van der Waals surface area contributed by atoms with Gasteiger partial charge in [-0.05, 0) is 55.3 Å². The third-order valence-corrected chi connectivity index (χ3v) is 5.83. The molecule has 2 aliphatic heterocycles. The van der Waals surface area contributed by atoms with Crippen molar-refractivity contribution in [3.8, 4) is 0 Å². The van der Waals surface area contributed by atoms with E-state index in [-0.39, 0.29) is 23.6 Å². The van der Waals surface area contributed by atoms with Crippen LogP contribution in [-0.4, -0.2) is 49.3 Å². The molecule has 0 unspecified atom stereocenters. The standard InChI is InChI=1S/C23H27N3O4/c1-15-12-21(20-13-17(23(28)29)6-7-22(20)26(15)16(2)27)24-18-4-3-5-19(14-18)25-8-10-30-11-9-25/h3-7,13-15,21,24H,8-12H2,1-2H3,(H,28,29)/t15-,21+/m0/s1. The third kappa shape index (κ3) is 3.98. The second-order valence-electron chi connectivity index (χ2n) is 7.90. The Hall–Kier alpha value is -3.06. The van der Waals surface area contributed by atoms with Crippen molar-refractivity contribution >= 4 is 28.9 Å². The van der Waals surface area contributed by atoms with E-state index in [0.29, 0.717) is 6.42 Å². The highest BCUT2D eigenvalue weighted by molar-refractivity contribution is 5.95. The monoisotopic (exact) mass is 409 g/mol. The fourth-order valence-corrected chi connectivity index (χ4v) is 4.43. The van der Waals surface area contributed by atoms with E-state index in [9.17, 15) is 14.7 Å². The number of nitrogens with one attached hydrogen (secondary N) is 1. The van der Waals surface area contributed by atoms with Crippen LogP contribution in [0.25, 0.3) is 0 Å². The summed E-state index contributed by atoms with van der Waals surface area (Å²) in [6.45, 7) is 6.75. The van der Waals surface area contributed by atoms with Crippen molar-refractivity contribution in [3.05, 3.63) is 53.6 Å². The van der Waals surface area contributed by atoms with Gasteiger partial charge in [-0.25, -0.2) is 4.79 Å². The molecular formula is C23H27N3O4. The number of carboxylic acid groups (broad SMARTS) is 1. The van der Waals surface area contributed by atoms with E-state index in [2.05, 4.69) is 22.3 Å². The van der Waals surface area contributed by atoms with Crippen LogP contribution in [0.2, 0.25) is 0 Å². The van der Waals surface area contributed by atoms with Crippen molar-refractivity contribution in [3.63, 3.8) is 0 Å². The summed E-state index contributed by atoms with van der Waals surface area (Å²) in [5.41, 5.74) is 3.94. The van der Waals surface area contributed by atoms with Crippen molar-refractivity contribution in [2.45, 2.75) is 32.4 Å². The van der Waals surface area contributed by atoms with Crippen molar-refractivity contribution < 1.29 is 19.4 Å². The maximum atomic E-state index is 12.2. The van der Waals surface area contributed by atoms with Crippen molar-refractivity contribution in [1.29, 1.82) is 0 Å². The smallest absolute Gasteiger partial charge is 0.335 e. The maximum absolute atomic E-state index is 12.2. The molecule has 0 saturated carbocycles. The molecule has 2 atom stereocenters. The molecule has 0 radical (unpaired) electrons. The van der Waals surface area contributed by atoms with Crippen LogP contribution in [0.3, 0.4) is 0 Å². The molecule has 0 bridgehead atoms. The lowest BCUT2D eigenvalue weighted by Gasteiger charge is -2.39. The average molecular weight is 409 g/mol. The summed E-state index contributed by atoms with van der Waals surface area (Å²) in [5.74, 6) is -1.02. The highest BCUT2D eigenvalue weighted by Crippen LogP contribution is 2.40. The number of carbonyl (C=O) groups is 2. The second-order valence-corrected chi connectivity index (χ2v) is 7.90. The van der Waals surface area contributed by atoms with Crippen LogP contribution in [0.4, 0.5) is 17.1 Å². The SMILES string of the molecule is CC(=O)N1c2ccc(C(=O)O)cc2[C@H](Nc2cccc(N3CCOCC3)c2)C[C@@H]1C. The summed E-state index contributed by atoms with van der Waals surface area (Å²) in [4.78, 5) is 27.8. The Morgan fingerprint density at radius 2 is 1.90 bits per heavy atom. The molecule has 2 N–H and O–H groups in total. The number of aromatic carboxylic acids is 1. The molecule has 0 aliphatic carbocycles. The van der Waals surface area contributed by atoms with Gasteiger partial charge < -0.3 is 25.0 Å². The third-order valence-electron chi connectivity index (χ3n) is 5.83. The van der Waals surface area contributed by atoms with E-state index < -0.39 is 5.97 Å². The van der Waals surface area contributed by atoms with E-state index in [0.717, 1.165) is 48.9 Å². The molecular weight excluding hydrogens is 382 g/mol. The summed E-state index contributed by atoms with van der Waals surface area (Å²) in [7, 11) is 0. The number of ether oxygens (including phenoxy) is 1. The number of nitrogens with zero attached hydrogens (tertiary/aromatic N) is 2. The molecule has 0 spiro atoms. The van der Waals surface area contributed by atoms with E-state index >= 15 is 0 Å². The fraction of sp³-hybridized carbons (Fsp3) is 0.391. The maximum Gasteiger partial charge on any atom is 0.335 e. The number of rotatable bonds is 4. The molecule has 2 aliphatic rings. The van der Waals surface area contributed by atoms with Crippen LogP contribution in [-0.2, 0) is 9.53 Å². The summed E-state index contributed by atoms with van der Waals surface area (Å²) in [5, 5.41) is 13.0. The van der Waals surface area contributed by atoms with Gasteiger partial charge >= 0.3 is 5.97 Å². The Balaban J connectivity index is 1.66. The van der Waals surface area contributed by atoms with Gasteiger partial charge in [0, 0.05) is 43.1 Å². The van der Waals surface area contributed by atoms with E-state index in [1.54, 1.807) is 30.0 Å². The molecule has 4 rings (SSSR count). The number of hydrogen-bond acceptors (Lipinski definition) is 5. The first-order valence-corrected chi connectivity index (χ1v) is 10.3. The first-order valence-electron chi connectivity index (χ1n) is 10.3. The van der Waals surface area contributed by atoms with Crippen LogP contribution in [0.15, 0.2) is 42.5 Å². The molecule has 30 heavy (non-hydrogen) atoms. The minimum absolute atomic E-state index is 0.00519. The normalized spacial score (nSPS) is 21.1. The fourth-order valence-electron chi connectivity index (χ4n) is 4.43. The van der Waals surface area contributed by atoms with Gasteiger partial charge in [0.05, 0.1) is 24.8 Å². The second kappa shape index (κ2) is 8.36. The van der Waals surface area contributed by atoms with E-state index in [4.69, 9.17) is 4.74 Å². The van der Waals surface area contributed by atoms with Crippen molar-refractivity contribution in [2.75, 3.05) is 41.4 Å². The first kappa shape index (κ1) is 20.2. The highest BCUT2D eigenvalue weighted by atomic mass is 16.5. The predicted molar refractivity (Wildman–Crippen MR) is 116 cm³/mol. The number of anilines is 3. The molecule has 7 nitrogen and oxygen atoms in total. The molecule has 0 aromatic heterocycles. The molecule has 158 valence electrons. The Labute approximate surface area is 176 Å².